The molecular formula is C20H49O9Si4W-. The van der Waals surface area contributed by atoms with E-state index in [1.807, 2.05) is 0 Å². The van der Waals surface area contributed by atoms with Crippen LogP contribution in [0.25, 0.3) is 0 Å². The zero-order valence-corrected chi connectivity index (χ0v) is 30.0. The van der Waals surface area contributed by atoms with Crippen LogP contribution >= 0.6 is 0 Å². The molecule has 0 saturated carbocycles. The van der Waals surface area contributed by atoms with Crippen LogP contribution in [0.3, 0.4) is 0 Å². The van der Waals surface area contributed by atoms with Gasteiger partial charge in [0.25, 0.3) is 0 Å². The topological polar surface area (TPSA) is 83.1 Å². The van der Waals surface area contributed by atoms with Gasteiger partial charge in [-0.25, -0.2) is 0 Å². The number of hydrogen-bond acceptors (Lipinski definition) is 9. The van der Waals surface area contributed by atoms with Gasteiger partial charge in [0.2, 0.25) is 0 Å². The fourth-order valence-electron chi connectivity index (χ4n) is 4.18. The molecule has 0 N–H and O–H groups in total. The second kappa shape index (κ2) is 19.3. The third-order valence-corrected chi connectivity index (χ3v) is 19.3. The summed E-state index contributed by atoms with van der Waals surface area (Å²) in [5.41, 5.74) is 0. The molecule has 0 aromatic rings. The van der Waals surface area contributed by atoms with Gasteiger partial charge >= 0.3 is 26.4 Å². The molecular weight excluding hydrogens is 680 g/mol. The summed E-state index contributed by atoms with van der Waals surface area (Å²) >= 11 is 0. The third kappa shape index (κ3) is 12.2. The predicted octanol–water partition coefficient (Wildman–Crippen LogP) is 4.00. The first-order chi connectivity index (χ1) is 15.7. The van der Waals surface area contributed by atoms with E-state index in [0.29, 0.717) is 0 Å². The van der Waals surface area contributed by atoms with E-state index in [1.165, 1.54) is 0 Å². The van der Waals surface area contributed by atoms with E-state index >= 15 is 0 Å². The van der Waals surface area contributed by atoms with Gasteiger partial charge in [0.1, 0.15) is 0 Å². The Bertz CT molecular complexity index is 446. The van der Waals surface area contributed by atoms with Crippen LogP contribution in [0, 0.1) is 6.04 Å². The predicted molar refractivity (Wildman–Crippen MR) is 139 cm³/mol. The van der Waals surface area contributed by atoms with Crippen molar-refractivity contribution in [3.8, 4) is 0 Å². The van der Waals surface area contributed by atoms with Crippen LogP contribution in [0.2, 0.25) is 36.8 Å². The molecule has 34 heavy (non-hydrogen) atoms. The van der Waals surface area contributed by atoms with Crippen LogP contribution in [-0.2, 0) is 60.9 Å². The second-order valence-electron chi connectivity index (χ2n) is 8.34. The summed E-state index contributed by atoms with van der Waals surface area (Å²) in [6.07, 6.45) is 4.00. The maximum absolute atomic E-state index is 5.61. The Morgan fingerprint density at radius 1 is 0.441 bits per heavy atom. The summed E-state index contributed by atoms with van der Waals surface area (Å²) in [7, 11) is 5.68. The minimum atomic E-state index is -2.56. The van der Waals surface area contributed by atoms with E-state index < -0.39 is 34.5 Å². The van der Waals surface area contributed by atoms with Gasteiger partial charge < -0.3 is 45.9 Å². The van der Waals surface area contributed by atoms with Crippen molar-refractivity contribution in [2.45, 2.75) is 62.5 Å². The molecule has 0 aliphatic carbocycles. The van der Waals surface area contributed by atoms with Gasteiger partial charge in [-0.05, 0) is 0 Å². The van der Waals surface area contributed by atoms with Crippen LogP contribution < -0.4 is 0 Å². The minimum absolute atomic E-state index is 0. The number of unbranched alkanes of at least 4 members (excludes halogenated alkanes) is 1. The molecule has 0 unspecified atom stereocenters. The van der Waals surface area contributed by atoms with E-state index in [4.69, 9.17) is 39.8 Å². The van der Waals surface area contributed by atoms with Crippen molar-refractivity contribution in [3.63, 3.8) is 0 Å². The fourth-order valence-corrected chi connectivity index (χ4v) is 13.6. The Morgan fingerprint density at radius 3 is 0.971 bits per heavy atom. The van der Waals surface area contributed by atoms with Crippen LogP contribution in [0.1, 0.15) is 25.7 Å². The summed E-state index contributed by atoms with van der Waals surface area (Å²) in [5, 5.41) is 0. The van der Waals surface area contributed by atoms with Crippen molar-refractivity contribution < 1.29 is 60.9 Å². The van der Waals surface area contributed by atoms with Crippen molar-refractivity contribution >= 4 is 34.5 Å². The van der Waals surface area contributed by atoms with Crippen molar-refractivity contribution in [2.24, 2.45) is 0 Å². The van der Waals surface area contributed by atoms with E-state index in [0.717, 1.165) is 55.9 Å². The van der Waals surface area contributed by atoms with Crippen LogP contribution in [0.4, 0.5) is 0 Å². The van der Waals surface area contributed by atoms with Crippen LogP contribution in [-0.4, -0.2) is 98.5 Å². The summed E-state index contributed by atoms with van der Waals surface area (Å²) < 4.78 is 50.4. The molecule has 0 aromatic carbocycles. The van der Waals surface area contributed by atoms with Gasteiger partial charge in [-0.3, -0.25) is 0 Å². The molecule has 0 amide bonds. The van der Waals surface area contributed by atoms with Gasteiger partial charge in [0.15, 0.2) is 0 Å². The molecule has 0 fully saturated rings. The molecule has 0 heterocycles. The summed E-state index contributed by atoms with van der Waals surface area (Å²) in [6, 6.07) is 7.28. The first kappa shape index (κ1) is 37.3. The van der Waals surface area contributed by atoms with Crippen molar-refractivity contribution in [1.29, 1.82) is 0 Å². The van der Waals surface area contributed by atoms with Crippen molar-refractivity contribution in [2.75, 3.05) is 64.0 Å². The Morgan fingerprint density at radius 2 is 0.706 bits per heavy atom. The average molecular weight is 730 g/mol. The van der Waals surface area contributed by atoms with E-state index in [9.17, 15) is 0 Å². The molecule has 206 valence electrons. The normalized spacial score (nSPS) is 13.2. The largest absolute Gasteiger partial charge is 0.500 e. The summed E-state index contributed by atoms with van der Waals surface area (Å²) in [6.45, 7) is 2.45. The maximum Gasteiger partial charge on any atom is 0.500 e. The SMILES string of the molecule is CO[Si](CCC[CH-][Si](C)(CCC[Si](OC)(OC)OC)CCC[Si](OC)(OC)OC)(OC)OC.[W]. The first-order valence-corrected chi connectivity index (χ1v) is 20.3. The molecule has 0 radical (unpaired) electrons. The van der Waals surface area contributed by atoms with Crippen molar-refractivity contribution in [1.82, 2.24) is 0 Å². The van der Waals surface area contributed by atoms with Crippen molar-refractivity contribution in [3.05, 3.63) is 6.04 Å². The average Bonchev–Trinajstić information content (AvgIpc) is 2.86. The summed E-state index contributed by atoms with van der Waals surface area (Å²) in [4.78, 5) is 0. The van der Waals surface area contributed by atoms with E-state index in [-0.39, 0.29) is 21.1 Å². The molecule has 0 aliphatic heterocycles. The van der Waals surface area contributed by atoms with Gasteiger partial charge in [0.05, 0.1) is 0 Å². The Labute approximate surface area is 227 Å². The van der Waals surface area contributed by atoms with Gasteiger partial charge in [0, 0.05) is 103 Å². The molecule has 0 aromatic heterocycles. The van der Waals surface area contributed by atoms with E-state index in [1.54, 1.807) is 64.0 Å². The van der Waals surface area contributed by atoms with Crippen LogP contribution in [0.5, 0.6) is 0 Å². The summed E-state index contributed by atoms with van der Waals surface area (Å²) in [5.74, 6) is 0. The molecule has 9 nitrogen and oxygen atoms in total. The number of hydrogen-bond donors (Lipinski definition) is 0. The molecule has 0 saturated heterocycles. The second-order valence-corrected chi connectivity index (χ2v) is 22.3. The molecule has 0 spiro atoms. The van der Waals surface area contributed by atoms with Gasteiger partial charge in [-0.2, -0.15) is 6.42 Å². The Hall–Kier alpha value is 1.20. The minimum Gasteiger partial charge on any atom is -0.377 e. The first-order valence-electron chi connectivity index (χ1n) is 11.5. The standard InChI is InChI=1S/C20H49O9Si4.W/c1-21-31(22-2,23-3)18-12-11-15-30(10,16-13-19-32(24-4,25-5)26-6)17-14-20-33(27-7,28-8)29-9;/h15H,11-14,16-20H2,1-10H3;/q-1;. The maximum atomic E-state index is 5.61. The third-order valence-electron chi connectivity index (χ3n) is 6.58. The van der Waals surface area contributed by atoms with Gasteiger partial charge in [-0.1, -0.05) is 46.0 Å². The molecule has 14 heteroatoms. The quantitative estimate of drug-likeness (QED) is 0.0934. The monoisotopic (exact) mass is 729 g/mol. The van der Waals surface area contributed by atoms with E-state index in [2.05, 4.69) is 12.6 Å². The zero-order chi connectivity index (χ0) is 25.4. The molecule has 0 atom stereocenters. The Balaban J connectivity index is 0. The number of rotatable bonds is 22. The van der Waals surface area contributed by atoms with Crippen LogP contribution in [0.15, 0.2) is 0 Å². The zero-order valence-electron chi connectivity index (χ0n) is 23.0. The smallest absolute Gasteiger partial charge is 0.377 e. The Kier molecular flexibility index (Phi) is 21.2. The van der Waals surface area contributed by atoms with Gasteiger partial charge in [-0.15, -0.1) is 0 Å². The molecule has 0 rings (SSSR count). The fraction of sp³-hybridized carbons (Fsp3) is 0.950. The molecule has 0 bridgehead atoms. The molecule has 0 aliphatic rings.